The quantitative estimate of drug-likeness (QED) is 0.480. The van der Waals surface area contributed by atoms with Gasteiger partial charge in [-0.2, -0.15) is 0 Å². The minimum absolute atomic E-state index is 0.609. The molecule has 120 valence electrons. The van der Waals surface area contributed by atoms with Crippen LogP contribution in [0, 0.1) is 0 Å². The van der Waals surface area contributed by atoms with Crippen LogP contribution < -0.4 is 9.47 Å². The van der Waals surface area contributed by atoms with Crippen LogP contribution in [0.15, 0.2) is 53.7 Å². The average Bonchev–Trinajstić information content (AvgIpc) is 2.96. The molecule has 0 aliphatic heterocycles. The van der Waals surface area contributed by atoms with Gasteiger partial charge < -0.3 is 14.0 Å². The van der Waals surface area contributed by atoms with Gasteiger partial charge in [0.2, 0.25) is 0 Å². The maximum atomic E-state index is 5.81. The number of hydrogen-bond acceptors (Lipinski definition) is 4. The molecule has 5 heteroatoms. The highest BCUT2D eigenvalue weighted by Crippen LogP contribution is 2.27. The van der Waals surface area contributed by atoms with E-state index in [0.29, 0.717) is 6.61 Å². The molecule has 0 aliphatic carbocycles. The summed E-state index contributed by atoms with van der Waals surface area (Å²) in [5, 5.41) is 1.04. The van der Waals surface area contributed by atoms with E-state index < -0.39 is 0 Å². The van der Waals surface area contributed by atoms with Crippen molar-refractivity contribution in [2.45, 2.75) is 18.6 Å². The van der Waals surface area contributed by atoms with Crippen molar-refractivity contribution in [2.75, 3.05) is 19.5 Å². The first-order chi connectivity index (χ1) is 11.3. The number of para-hydroxylation sites is 4. The zero-order valence-electron chi connectivity index (χ0n) is 13.4. The third kappa shape index (κ3) is 3.45. The first-order valence-corrected chi connectivity index (χ1v) is 8.66. The predicted octanol–water partition coefficient (Wildman–Crippen LogP) is 4.24. The molecular weight excluding hydrogens is 308 g/mol. The monoisotopic (exact) mass is 328 g/mol. The van der Waals surface area contributed by atoms with E-state index in [9.17, 15) is 0 Å². The number of rotatable bonds is 7. The summed E-state index contributed by atoms with van der Waals surface area (Å²) >= 11 is 1.72. The van der Waals surface area contributed by atoms with Gasteiger partial charge in [0.1, 0.15) is 0 Å². The first-order valence-electron chi connectivity index (χ1n) is 7.67. The van der Waals surface area contributed by atoms with Crippen LogP contribution in [0.3, 0.4) is 0 Å². The van der Waals surface area contributed by atoms with Crippen molar-refractivity contribution >= 4 is 22.8 Å². The molecule has 0 N–H and O–H groups in total. The van der Waals surface area contributed by atoms with Crippen molar-refractivity contribution in [1.82, 2.24) is 9.55 Å². The van der Waals surface area contributed by atoms with Crippen LogP contribution in [-0.2, 0) is 6.54 Å². The van der Waals surface area contributed by atoms with Crippen molar-refractivity contribution in [3.8, 4) is 11.5 Å². The van der Waals surface area contributed by atoms with Crippen LogP contribution in [0.5, 0.6) is 11.5 Å². The van der Waals surface area contributed by atoms with E-state index in [0.717, 1.165) is 34.5 Å². The Morgan fingerprint density at radius 3 is 2.57 bits per heavy atom. The molecule has 1 aromatic heterocycles. The molecule has 0 bridgehead atoms. The molecule has 23 heavy (non-hydrogen) atoms. The number of imidazole rings is 1. The Balaban J connectivity index is 1.63. The summed E-state index contributed by atoms with van der Waals surface area (Å²) in [7, 11) is 1.65. The number of thioether (sulfide) groups is 1. The second kappa shape index (κ2) is 7.42. The number of methoxy groups -OCH3 is 1. The van der Waals surface area contributed by atoms with Crippen molar-refractivity contribution in [1.29, 1.82) is 0 Å². The van der Waals surface area contributed by atoms with E-state index in [1.165, 1.54) is 5.52 Å². The number of aryl methyl sites for hydroxylation is 1. The minimum Gasteiger partial charge on any atom is -0.493 e. The summed E-state index contributed by atoms with van der Waals surface area (Å²) in [6.07, 6.45) is 0. The first kappa shape index (κ1) is 15.7. The fraction of sp³-hybridized carbons (Fsp3) is 0.278. The molecule has 3 rings (SSSR count). The maximum absolute atomic E-state index is 5.81. The van der Waals surface area contributed by atoms with Gasteiger partial charge in [0.05, 0.1) is 24.8 Å². The lowest BCUT2D eigenvalue weighted by Gasteiger charge is -2.10. The van der Waals surface area contributed by atoms with Gasteiger partial charge in [0.25, 0.3) is 0 Å². The van der Waals surface area contributed by atoms with Gasteiger partial charge in [-0.3, -0.25) is 0 Å². The molecule has 0 radical (unpaired) electrons. The van der Waals surface area contributed by atoms with Gasteiger partial charge >= 0.3 is 0 Å². The van der Waals surface area contributed by atoms with Crippen LogP contribution in [0.2, 0.25) is 0 Å². The summed E-state index contributed by atoms with van der Waals surface area (Å²) in [5.74, 6) is 2.37. The second-order valence-corrected chi connectivity index (χ2v) is 6.04. The van der Waals surface area contributed by atoms with Gasteiger partial charge in [-0.1, -0.05) is 36.0 Å². The average molecular weight is 328 g/mol. The van der Waals surface area contributed by atoms with Crippen LogP contribution in [-0.4, -0.2) is 29.0 Å². The van der Waals surface area contributed by atoms with Gasteiger partial charge in [0.15, 0.2) is 16.7 Å². The molecule has 0 aliphatic rings. The Hall–Kier alpha value is -2.14. The topological polar surface area (TPSA) is 36.3 Å². The molecule has 0 amide bonds. The molecule has 0 unspecified atom stereocenters. The molecule has 0 fully saturated rings. The van der Waals surface area contributed by atoms with Crippen molar-refractivity contribution in [3.05, 3.63) is 48.5 Å². The number of aromatic nitrogens is 2. The second-order valence-electron chi connectivity index (χ2n) is 4.98. The molecular formula is C18H20N2O2S. The number of nitrogens with zero attached hydrogens (tertiary/aromatic N) is 2. The maximum Gasteiger partial charge on any atom is 0.169 e. The smallest absolute Gasteiger partial charge is 0.169 e. The lowest BCUT2D eigenvalue weighted by Crippen LogP contribution is -2.03. The van der Waals surface area contributed by atoms with Gasteiger partial charge in [-0.05, 0) is 31.2 Å². The number of hydrogen-bond donors (Lipinski definition) is 0. The van der Waals surface area contributed by atoms with E-state index >= 15 is 0 Å². The highest BCUT2D eigenvalue weighted by atomic mass is 32.2. The zero-order chi connectivity index (χ0) is 16.1. The Morgan fingerprint density at radius 1 is 1.04 bits per heavy atom. The van der Waals surface area contributed by atoms with Crippen molar-refractivity contribution in [3.63, 3.8) is 0 Å². The van der Waals surface area contributed by atoms with Crippen LogP contribution in [0.1, 0.15) is 6.92 Å². The fourth-order valence-corrected chi connectivity index (χ4v) is 3.39. The Morgan fingerprint density at radius 2 is 1.78 bits per heavy atom. The molecule has 2 aromatic carbocycles. The Bertz CT molecular complexity index is 786. The van der Waals surface area contributed by atoms with E-state index in [1.54, 1.807) is 18.9 Å². The third-order valence-corrected chi connectivity index (χ3v) is 4.52. The fourth-order valence-electron chi connectivity index (χ4n) is 2.49. The molecule has 0 spiro atoms. The van der Waals surface area contributed by atoms with Crippen LogP contribution in [0.25, 0.3) is 11.0 Å². The molecule has 0 saturated carbocycles. The lowest BCUT2D eigenvalue weighted by molar-refractivity contribution is 0.313. The Kier molecular flexibility index (Phi) is 5.08. The van der Waals surface area contributed by atoms with Gasteiger partial charge in [-0.25, -0.2) is 4.98 Å². The summed E-state index contributed by atoms with van der Waals surface area (Å²) in [4.78, 5) is 4.71. The summed E-state index contributed by atoms with van der Waals surface area (Å²) in [6.45, 7) is 3.66. The number of benzene rings is 2. The molecule has 1 heterocycles. The normalized spacial score (nSPS) is 10.9. The number of fused-ring (bicyclic) bond motifs is 1. The molecule has 4 nitrogen and oxygen atoms in total. The molecule has 0 saturated heterocycles. The largest absolute Gasteiger partial charge is 0.493 e. The summed E-state index contributed by atoms with van der Waals surface area (Å²) in [6, 6.07) is 15.9. The van der Waals surface area contributed by atoms with Crippen molar-refractivity contribution < 1.29 is 9.47 Å². The summed E-state index contributed by atoms with van der Waals surface area (Å²) in [5.41, 5.74) is 2.23. The highest BCUT2D eigenvalue weighted by molar-refractivity contribution is 7.99. The standard InChI is InChI=1S/C18H20N2O2S/c1-3-20-15-9-5-4-8-14(15)19-18(20)23-13-12-22-17-11-7-6-10-16(17)21-2/h4-11H,3,12-13H2,1-2H3. The van der Waals surface area contributed by atoms with Crippen LogP contribution >= 0.6 is 11.8 Å². The van der Waals surface area contributed by atoms with Crippen LogP contribution in [0.4, 0.5) is 0 Å². The SMILES string of the molecule is CCn1c(SCCOc2ccccc2OC)nc2ccccc21. The van der Waals surface area contributed by atoms with E-state index in [1.807, 2.05) is 30.3 Å². The summed E-state index contributed by atoms with van der Waals surface area (Å²) < 4.78 is 13.3. The number of ether oxygens (including phenoxy) is 2. The third-order valence-electron chi connectivity index (χ3n) is 3.58. The minimum atomic E-state index is 0.609. The zero-order valence-corrected chi connectivity index (χ0v) is 14.2. The highest BCUT2D eigenvalue weighted by Gasteiger charge is 2.09. The molecule has 0 atom stereocenters. The van der Waals surface area contributed by atoms with E-state index in [4.69, 9.17) is 14.5 Å². The van der Waals surface area contributed by atoms with Gasteiger partial charge in [-0.15, -0.1) is 0 Å². The predicted molar refractivity (Wildman–Crippen MR) is 94.6 cm³/mol. The Labute approximate surface area is 140 Å². The van der Waals surface area contributed by atoms with E-state index in [-0.39, 0.29) is 0 Å². The van der Waals surface area contributed by atoms with Crippen molar-refractivity contribution in [2.24, 2.45) is 0 Å². The van der Waals surface area contributed by atoms with E-state index in [2.05, 4.69) is 29.7 Å². The molecule has 3 aromatic rings. The van der Waals surface area contributed by atoms with Gasteiger partial charge in [0, 0.05) is 12.3 Å². The lowest BCUT2D eigenvalue weighted by atomic mass is 10.3.